The fourth-order valence-electron chi connectivity index (χ4n) is 2.39. The lowest BCUT2D eigenvalue weighted by Crippen LogP contribution is -2.13. The van der Waals surface area contributed by atoms with Crippen LogP contribution in [0.25, 0.3) is 0 Å². The van der Waals surface area contributed by atoms with Gasteiger partial charge in [-0.3, -0.25) is 9.78 Å². The zero-order chi connectivity index (χ0) is 19.4. The molecule has 0 bridgehead atoms. The smallest absolute Gasteiger partial charge is 0.257 e. The fourth-order valence-corrected chi connectivity index (χ4v) is 2.71. The first-order valence-corrected chi connectivity index (χ1v) is 8.77. The predicted octanol–water partition coefficient (Wildman–Crippen LogP) is 4.76. The molecule has 0 fully saturated rings. The largest absolute Gasteiger partial charge is 0.482 e. The topological polar surface area (TPSA) is 90.1 Å². The Bertz CT molecular complexity index is 981. The molecule has 2 aromatic heterocycles. The number of nitrogens with one attached hydrogen (secondary N) is 1. The molecule has 1 atom stereocenters. The third kappa shape index (κ3) is 4.87. The molecule has 1 aromatic carbocycles. The lowest BCUT2D eigenvalue weighted by Gasteiger charge is -2.17. The van der Waals surface area contributed by atoms with E-state index in [1.165, 1.54) is 18.6 Å². The summed E-state index contributed by atoms with van der Waals surface area (Å²) in [6.45, 7) is 1.86. The number of hydrogen-bond acceptors (Lipinski definition) is 5. The van der Waals surface area contributed by atoms with Gasteiger partial charge >= 0.3 is 0 Å². The Morgan fingerprint density at radius 3 is 2.70 bits per heavy atom. The van der Waals surface area contributed by atoms with Crippen LogP contribution in [-0.2, 0) is 0 Å². The van der Waals surface area contributed by atoms with Crippen LogP contribution in [0.5, 0.6) is 5.75 Å². The van der Waals surface area contributed by atoms with Gasteiger partial charge in [0.2, 0.25) is 0 Å². The molecule has 0 aliphatic heterocycles. The summed E-state index contributed by atoms with van der Waals surface area (Å²) in [5.41, 5.74) is 7.65. The molecule has 3 N–H and O–H groups in total. The molecule has 6 nitrogen and oxygen atoms in total. The van der Waals surface area contributed by atoms with Crippen molar-refractivity contribution < 1.29 is 9.53 Å². The van der Waals surface area contributed by atoms with Crippen molar-refractivity contribution in [1.29, 1.82) is 0 Å². The minimum absolute atomic E-state index is 0.254. The van der Waals surface area contributed by atoms with Gasteiger partial charge in [0.25, 0.3) is 5.91 Å². The molecule has 3 rings (SSSR count). The van der Waals surface area contributed by atoms with Gasteiger partial charge in [0.05, 0.1) is 15.6 Å². The predicted molar refractivity (Wildman–Crippen MR) is 106 cm³/mol. The minimum atomic E-state index is -0.336. The van der Waals surface area contributed by atoms with Crippen molar-refractivity contribution in [3.8, 4) is 5.75 Å². The second-order valence-electron chi connectivity index (χ2n) is 5.77. The van der Waals surface area contributed by atoms with Gasteiger partial charge in [0, 0.05) is 30.3 Å². The second kappa shape index (κ2) is 8.24. The third-order valence-electron chi connectivity index (χ3n) is 3.73. The molecule has 0 saturated carbocycles. The van der Waals surface area contributed by atoms with Gasteiger partial charge in [-0.15, -0.1) is 0 Å². The van der Waals surface area contributed by atoms with Gasteiger partial charge in [-0.25, -0.2) is 4.98 Å². The van der Waals surface area contributed by atoms with Crippen molar-refractivity contribution in [1.82, 2.24) is 9.97 Å². The number of nitrogen functional groups attached to an aromatic ring is 1. The maximum absolute atomic E-state index is 12.3. The first-order valence-electron chi connectivity index (χ1n) is 8.02. The highest BCUT2D eigenvalue weighted by molar-refractivity contribution is 6.31. The molecule has 138 valence electrons. The average molecular weight is 403 g/mol. The van der Waals surface area contributed by atoms with E-state index >= 15 is 0 Å². The third-order valence-corrected chi connectivity index (χ3v) is 4.15. The number of aromatic nitrogens is 2. The number of benzene rings is 1. The summed E-state index contributed by atoms with van der Waals surface area (Å²) in [5.74, 6) is 0.345. The Labute approximate surface area is 166 Å². The molecule has 0 aliphatic rings. The van der Waals surface area contributed by atoms with Crippen LogP contribution in [0.1, 0.15) is 28.9 Å². The standard InChI is InChI=1S/C19H16Cl2N4O2/c1-11(27-17-7-15(21)10-24-18(17)22)12-3-2-4-16(6-12)25-19(26)13-5-14(20)9-23-8-13/h2-11H,1H3,(H2,22,24)(H,25,26)/t11-/m0/s1. The molecule has 27 heavy (non-hydrogen) atoms. The fraction of sp³-hybridized carbons (Fsp3) is 0.105. The van der Waals surface area contributed by atoms with Crippen LogP contribution in [0, 0.1) is 0 Å². The molecule has 0 unspecified atom stereocenters. The SMILES string of the molecule is C[C@H](Oc1cc(Cl)cnc1N)c1cccc(NC(=O)c2cncc(Cl)c2)c1. The zero-order valence-electron chi connectivity index (χ0n) is 14.3. The van der Waals surface area contributed by atoms with E-state index in [1.54, 1.807) is 18.2 Å². The number of hydrogen-bond donors (Lipinski definition) is 2. The monoisotopic (exact) mass is 402 g/mol. The molecule has 0 spiro atoms. The van der Waals surface area contributed by atoms with Crippen molar-refractivity contribution in [3.05, 3.63) is 76.2 Å². The van der Waals surface area contributed by atoms with E-state index in [4.69, 9.17) is 33.7 Å². The van der Waals surface area contributed by atoms with E-state index in [-0.39, 0.29) is 17.8 Å². The molecular formula is C19H16Cl2N4O2. The number of pyridine rings is 2. The van der Waals surface area contributed by atoms with Gasteiger partial charge in [-0.1, -0.05) is 35.3 Å². The number of nitrogens with zero attached hydrogens (tertiary/aromatic N) is 2. The van der Waals surface area contributed by atoms with Crippen LogP contribution in [0.4, 0.5) is 11.5 Å². The molecule has 3 aromatic rings. The van der Waals surface area contributed by atoms with Crippen LogP contribution in [-0.4, -0.2) is 15.9 Å². The van der Waals surface area contributed by atoms with Crippen molar-refractivity contribution in [2.45, 2.75) is 13.0 Å². The number of anilines is 2. The highest BCUT2D eigenvalue weighted by Gasteiger charge is 2.13. The molecule has 8 heteroatoms. The van der Waals surface area contributed by atoms with Crippen LogP contribution in [0.2, 0.25) is 10.0 Å². The lowest BCUT2D eigenvalue weighted by molar-refractivity contribution is 0.102. The number of rotatable bonds is 5. The number of halogens is 2. The Morgan fingerprint density at radius 1 is 1.15 bits per heavy atom. The molecule has 0 radical (unpaired) electrons. The first kappa shape index (κ1) is 18.9. The van der Waals surface area contributed by atoms with Crippen molar-refractivity contribution in [2.75, 3.05) is 11.1 Å². The molecule has 2 heterocycles. The highest BCUT2D eigenvalue weighted by Crippen LogP contribution is 2.29. The number of ether oxygens (including phenoxy) is 1. The highest BCUT2D eigenvalue weighted by atomic mass is 35.5. The number of nitrogens with two attached hydrogens (primary N) is 1. The normalized spacial score (nSPS) is 11.7. The van der Waals surface area contributed by atoms with Gasteiger partial charge < -0.3 is 15.8 Å². The Kier molecular flexibility index (Phi) is 5.78. The summed E-state index contributed by atoms with van der Waals surface area (Å²) < 4.78 is 5.86. The van der Waals surface area contributed by atoms with E-state index in [9.17, 15) is 4.79 Å². The summed E-state index contributed by atoms with van der Waals surface area (Å²) in [7, 11) is 0. The molecule has 1 amide bonds. The van der Waals surface area contributed by atoms with Gasteiger partial charge in [-0.05, 0) is 30.7 Å². The van der Waals surface area contributed by atoms with Gasteiger partial charge in [-0.2, -0.15) is 0 Å². The minimum Gasteiger partial charge on any atom is -0.482 e. The van der Waals surface area contributed by atoms with Gasteiger partial charge in [0.15, 0.2) is 11.6 Å². The maximum atomic E-state index is 12.3. The van der Waals surface area contributed by atoms with E-state index < -0.39 is 0 Å². The van der Waals surface area contributed by atoms with Crippen molar-refractivity contribution in [3.63, 3.8) is 0 Å². The van der Waals surface area contributed by atoms with Crippen LogP contribution in [0.3, 0.4) is 0 Å². The number of carbonyl (C=O) groups is 1. The van der Waals surface area contributed by atoms with E-state index in [0.717, 1.165) is 5.56 Å². The summed E-state index contributed by atoms with van der Waals surface area (Å²) in [6.07, 6.45) is 4.03. The summed E-state index contributed by atoms with van der Waals surface area (Å²) in [5, 5.41) is 3.64. The summed E-state index contributed by atoms with van der Waals surface area (Å²) >= 11 is 11.8. The second-order valence-corrected chi connectivity index (χ2v) is 6.64. The quantitative estimate of drug-likeness (QED) is 0.641. The van der Waals surface area contributed by atoms with E-state index in [1.807, 2.05) is 25.1 Å². The summed E-state index contributed by atoms with van der Waals surface area (Å²) in [6, 6.07) is 10.5. The Morgan fingerprint density at radius 2 is 1.93 bits per heavy atom. The number of amides is 1. The average Bonchev–Trinajstić information content (AvgIpc) is 2.65. The molecule has 0 aliphatic carbocycles. The van der Waals surface area contributed by atoms with Crippen LogP contribution >= 0.6 is 23.2 Å². The maximum Gasteiger partial charge on any atom is 0.257 e. The zero-order valence-corrected chi connectivity index (χ0v) is 15.8. The molecule has 0 saturated heterocycles. The van der Waals surface area contributed by atoms with E-state index in [0.29, 0.717) is 27.0 Å². The van der Waals surface area contributed by atoms with Crippen molar-refractivity contribution in [2.24, 2.45) is 0 Å². The van der Waals surface area contributed by atoms with Gasteiger partial charge in [0.1, 0.15) is 6.10 Å². The van der Waals surface area contributed by atoms with E-state index in [2.05, 4.69) is 15.3 Å². The van der Waals surface area contributed by atoms with Crippen LogP contribution < -0.4 is 15.8 Å². The Balaban J connectivity index is 1.74. The Hall–Kier alpha value is -2.83. The molecular weight excluding hydrogens is 387 g/mol. The first-order chi connectivity index (χ1) is 12.9. The number of carbonyl (C=O) groups excluding carboxylic acids is 1. The van der Waals surface area contributed by atoms with Crippen LogP contribution in [0.15, 0.2) is 55.0 Å². The summed E-state index contributed by atoms with van der Waals surface area (Å²) in [4.78, 5) is 20.2. The van der Waals surface area contributed by atoms with Crippen molar-refractivity contribution >= 4 is 40.6 Å². The lowest BCUT2D eigenvalue weighted by atomic mass is 10.1.